The first kappa shape index (κ1) is 13.2. The molecular weight excluding hydrogens is 168 g/mol. The Bertz CT molecular complexity index is 106. The molecule has 0 rings (SSSR count). The van der Waals surface area contributed by atoms with E-state index in [2.05, 4.69) is 0 Å². The van der Waals surface area contributed by atoms with Crippen LogP contribution >= 0.6 is 0 Å². The molecule has 56 valence electrons. The average Bonchev–Trinajstić information content (AvgIpc) is 1.84. The normalized spacial score (nSPS) is 15.1. The van der Waals surface area contributed by atoms with E-state index in [-0.39, 0.29) is 37.7 Å². The van der Waals surface area contributed by atoms with Gasteiger partial charge >= 0.3 is 0 Å². The number of carboxylic acid groups (broad SMARTS) is 1. The molecule has 0 fully saturated rings. The monoisotopic (exact) mass is 175 g/mol. The van der Waals surface area contributed by atoms with Gasteiger partial charge in [0.15, 0.2) is 0 Å². The first-order valence-electron chi connectivity index (χ1n) is 2.27. The number of rotatable bonds is 3. The van der Waals surface area contributed by atoms with E-state index in [0.29, 0.717) is 0 Å². The smallest absolute Gasteiger partial charge is 0.121 e. The van der Waals surface area contributed by atoms with Gasteiger partial charge in [0.1, 0.15) is 12.2 Å². The minimum atomic E-state index is -2.00. The molecule has 2 atom stereocenters. The molecule has 0 aliphatic rings. The fourth-order valence-electron chi connectivity index (χ4n) is 0.257. The average molecular weight is 175 g/mol. The van der Waals surface area contributed by atoms with Crippen molar-refractivity contribution in [2.24, 2.45) is 0 Å². The van der Waals surface area contributed by atoms with Gasteiger partial charge in [-0.2, -0.15) is 0 Å². The van der Waals surface area contributed by atoms with Gasteiger partial charge < -0.3 is 25.2 Å². The van der Waals surface area contributed by atoms with Crippen molar-refractivity contribution >= 4 is 43.7 Å². The second-order valence-electron chi connectivity index (χ2n) is 1.51. The maximum absolute atomic E-state index is 9.67. The summed E-state index contributed by atoms with van der Waals surface area (Å²) in [5.41, 5.74) is 0. The molecule has 0 aliphatic heterocycles. The summed E-state index contributed by atoms with van der Waals surface area (Å²) in [6.45, 7) is -0.796. The van der Waals surface area contributed by atoms with Gasteiger partial charge in [-0.25, -0.2) is 0 Å². The number of aliphatic carboxylic acids is 1. The summed E-state index contributed by atoms with van der Waals surface area (Å²) < 4.78 is 0. The number of carbonyl (C=O) groups is 1. The van der Waals surface area contributed by atoms with E-state index in [9.17, 15) is 9.90 Å². The second-order valence-corrected chi connectivity index (χ2v) is 1.51. The summed E-state index contributed by atoms with van der Waals surface area (Å²) in [4.78, 5) is 9.67. The van der Waals surface area contributed by atoms with Crippen LogP contribution in [0.25, 0.3) is 0 Å². The molecule has 3 N–H and O–H groups in total. The summed E-state index contributed by atoms with van der Waals surface area (Å²) in [7, 11) is 0. The summed E-state index contributed by atoms with van der Waals surface area (Å²) in [5, 5.41) is 34.4. The van der Waals surface area contributed by atoms with E-state index in [1.165, 1.54) is 0 Å². The second kappa shape index (κ2) is 6.33. The number of hydrogen-bond donors (Lipinski definition) is 3. The Kier molecular flexibility index (Phi) is 8.36. The molecule has 0 unspecified atom stereocenters. The minimum absolute atomic E-state index is 0. The topological polar surface area (TPSA) is 101 Å². The Morgan fingerprint density at radius 1 is 1.50 bits per heavy atom. The molecule has 5 nitrogen and oxygen atoms in total. The molecular formula is C4H7CaO5-. The van der Waals surface area contributed by atoms with Gasteiger partial charge in [-0.15, -0.1) is 0 Å². The molecule has 0 aromatic carbocycles. The molecule has 0 saturated carbocycles. The van der Waals surface area contributed by atoms with Gasteiger partial charge in [0.05, 0.1) is 12.6 Å². The summed E-state index contributed by atoms with van der Waals surface area (Å²) in [6.07, 6.45) is -3.66. The number of aliphatic hydroxyl groups excluding tert-OH is 3. The van der Waals surface area contributed by atoms with Crippen molar-refractivity contribution in [3.8, 4) is 0 Å². The van der Waals surface area contributed by atoms with Gasteiger partial charge in [-0.1, -0.05) is 0 Å². The zero-order valence-corrected chi connectivity index (χ0v) is 7.44. The Morgan fingerprint density at radius 2 is 1.90 bits per heavy atom. The molecule has 0 heterocycles. The van der Waals surface area contributed by atoms with Crippen molar-refractivity contribution in [2.45, 2.75) is 12.2 Å². The number of carbonyl (C=O) groups excluding carboxylic acids is 1. The predicted molar refractivity (Wildman–Crippen MR) is 29.9 cm³/mol. The zero-order valence-electron chi connectivity index (χ0n) is 5.23. The van der Waals surface area contributed by atoms with Gasteiger partial charge in [0, 0.05) is 37.7 Å². The Morgan fingerprint density at radius 3 is 2.00 bits per heavy atom. The number of aliphatic hydroxyl groups is 3. The molecule has 0 saturated heterocycles. The Balaban J connectivity index is 0. The number of carboxylic acids is 1. The molecule has 2 radical (unpaired) electrons. The van der Waals surface area contributed by atoms with Crippen molar-refractivity contribution in [2.75, 3.05) is 6.61 Å². The van der Waals surface area contributed by atoms with Crippen LogP contribution in [0.3, 0.4) is 0 Å². The first-order chi connectivity index (χ1) is 4.09. The van der Waals surface area contributed by atoms with E-state index in [4.69, 9.17) is 15.3 Å². The third kappa shape index (κ3) is 4.43. The zero-order chi connectivity index (χ0) is 7.44. The van der Waals surface area contributed by atoms with Gasteiger partial charge in [-0.3, -0.25) is 0 Å². The third-order valence-corrected chi connectivity index (χ3v) is 0.793. The Labute approximate surface area is 87.3 Å². The quantitative estimate of drug-likeness (QED) is 0.380. The summed E-state index contributed by atoms with van der Waals surface area (Å²) in [5.74, 6) is -1.79. The van der Waals surface area contributed by atoms with E-state index in [0.717, 1.165) is 0 Å². The summed E-state index contributed by atoms with van der Waals surface area (Å²) >= 11 is 0. The van der Waals surface area contributed by atoms with Crippen LogP contribution in [0.5, 0.6) is 0 Å². The van der Waals surface area contributed by atoms with Crippen LogP contribution in [0, 0.1) is 0 Å². The Hall–Kier alpha value is 0.610. The van der Waals surface area contributed by atoms with Crippen LogP contribution in [0.1, 0.15) is 0 Å². The van der Waals surface area contributed by atoms with E-state index < -0.39 is 24.8 Å². The van der Waals surface area contributed by atoms with Crippen LogP contribution in [0.15, 0.2) is 0 Å². The van der Waals surface area contributed by atoms with Gasteiger partial charge in [0.2, 0.25) is 0 Å². The standard InChI is InChI=1S/C4H8O5.Ca/c5-1-2(6)3(7)4(8)9;/h2-3,5-7H,1H2,(H,8,9);/p-1/t2-,3+;/m0./s1. The van der Waals surface area contributed by atoms with Crippen molar-refractivity contribution in [3.63, 3.8) is 0 Å². The van der Waals surface area contributed by atoms with Crippen molar-refractivity contribution in [1.82, 2.24) is 0 Å². The largest absolute Gasteiger partial charge is 0.547 e. The van der Waals surface area contributed by atoms with E-state index in [1.54, 1.807) is 0 Å². The molecule has 0 aliphatic carbocycles. The first-order valence-corrected chi connectivity index (χ1v) is 2.27. The maximum Gasteiger partial charge on any atom is 0.121 e. The molecule has 0 spiro atoms. The minimum Gasteiger partial charge on any atom is -0.547 e. The molecule has 0 amide bonds. The third-order valence-electron chi connectivity index (χ3n) is 0.793. The maximum atomic E-state index is 9.67. The van der Waals surface area contributed by atoms with Crippen LogP contribution in [0.2, 0.25) is 0 Å². The van der Waals surface area contributed by atoms with Gasteiger partial charge in [-0.05, 0) is 0 Å². The molecule has 0 aromatic heterocycles. The predicted octanol–water partition coefficient (Wildman–Crippen LogP) is -3.93. The molecule has 10 heavy (non-hydrogen) atoms. The van der Waals surface area contributed by atoms with Gasteiger partial charge in [0.25, 0.3) is 0 Å². The molecule has 0 bridgehead atoms. The van der Waals surface area contributed by atoms with Crippen molar-refractivity contribution in [1.29, 1.82) is 0 Å². The molecule has 0 aromatic rings. The number of hydrogen-bond acceptors (Lipinski definition) is 5. The summed E-state index contributed by atoms with van der Waals surface area (Å²) in [6, 6.07) is 0. The van der Waals surface area contributed by atoms with Crippen molar-refractivity contribution < 1.29 is 25.2 Å². The van der Waals surface area contributed by atoms with E-state index in [1.807, 2.05) is 0 Å². The molecule has 6 heteroatoms. The van der Waals surface area contributed by atoms with Crippen LogP contribution in [-0.2, 0) is 4.79 Å². The van der Waals surface area contributed by atoms with Crippen LogP contribution < -0.4 is 5.11 Å². The van der Waals surface area contributed by atoms with Crippen LogP contribution in [0.4, 0.5) is 0 Å². The van der Waals surface area contributed by atoms with E-state index >= 15 is 0 Å². The fraction of sp³-hybridized carbons (Fsp3) is 0.750. The van der Waals surface area contributed by atoms with Crippen LogP contribution in [-0.4, -0.2) is 77.8 Å². The fourth-order valence-corrected chi connectivity index (χ4v) is 0.257. The van der Waals surface area contributed by atoms with Crippen molar-refractivity contribution in [3.05, 3.63) is 0 Å². The SMILES string of the molecule is O=C([O-])[C@H](O)[C@@H](O)CO.[Ca].